The molecule has 2 unspecified atom stereocenters. The second kappa shape index (κ2) is 10.8. The van der Waals surface area contributed by atoms with Gasteiger partial charge in [0.05, 0.1) is 12.1 Å². The maximum atomic E-state index is 13.0. The molecule has 0 saturated carbocycles. The van der Waals surface area contributed by atoms with Gasteiger partial charge in [-0.25, -0.2) is 8.42 Å². The fourth-order valence-corrected chi connectivity index (χ4v) is 5.70. The predicted molar refractivity (Wildman–Crippen MR) is 131 cm³/mol. The van der Waals surface area contributed by atoms with Crippen molar-refractivity contribution >= 4 is 55.6 Å². The average Bonchev–Trinajstić information content (AvgIpc) is 3.26. The molecule has 0 bridgehead atoms. The number of hydrogen-bond acceptors (Lipinski definition) is 7. The van der Waals surface area contributed by atoms with E-state index in [9.17, 15) is 13.2 Å². The van der Waals surface area contributed by atoms with Gasteiger partial charge < -0.3 is 4.74 Å². The Bertz CT molecular complexity index is 1230. The van der Waals surface area contributed by atoms with E-state index in [0.29, 0.717) is 17.2 Å². The molecule has 33 heavy (non-hydrogen) atoms. The molecule has 176 valence electrons. The Labute approximate surface area is 206 Å². The molecule has 1 aromatic heterocycles. The Morgan fingerprint density at radius 1 is 1.15 bits per heavy atom. The number of carbonyl (C=O) groups is 1. The zero-order valence-electron chi connectivity index (χ0n) is 18.0. The van der Waals surface area contributed by atoms with Gasteiger partial charge in [-0.2, -0.15) is 4.72 Å². The minimum atomic E-state index is -4.12. The van der Waals surface area contributed by atoms with Crippen molar-refractivity contribution in [2.45, 2.75) is 31.2 Å². The number of nitrogens with one attached hydrogen (secondary N) is 2. The number of ether oxygens (including phenoxy) is 1. The topological polar surface area (TPSA) is 110 Å². The van der Waals surface area contributed by atoms with E-state index in [1.165, 1.54) is 29.5 Å². The number of sulfonamides is 1. The molecule has 1 amide bonds. The quantitative estimate of drug-likeness (QED) is 0.410. The Balaban J connectivity index is 1.80. The van der Waals surface area contributed by atoms with Gasteiger partial charge in [0.25, 0.3) is 0 Å². The molecule has 3 aromatic rings. The lowest BCUT2D eigenvalue weighted by Gasteiger charge is -2.23. The van der Waals surface area contributed by atoms with Crippen LogP contribution in [-0.2, 0) is 14.8 Å². The molecule has 0 aliphatic carbocycles. The minimum absolute atomic E-state index is 0.00321. The number of amides is 1. The van der Waals surface area contributed by atoms with Crippen molar-refractivity contribution in [1.82, 2.24) is 14.9 Å². The number of benzene rings is 2. The van der Waals surface area contributed by atoms with Crippen molar-refractivity contribution in [1.29, 1.82) is 0 Å². The summed E-state index contributed by atoms with van der Waals surface area (Å²) in [6.45, 7) is 3.63. The zero-order valence-corrected chi connectivity index (χ0v) is 21.1. The number of halogens is 2. The molecule has 8 nitrogen and oxygen atoms in total. The SMILES string of the molecule is CCC(C)C(NS(=O)(=O)c1cc(Cl)ccc1Cl)C(=O)Nc1nnc(-c2ccc(OC)cc2)s1. The van der Waals surface area contributed by atoms with E-state index in [4.69, 9.17) is 27.9 Å². The summed E-state index contributed by atoms with van der Waals surface area (Å²) in [6.07, 6.45) is 0.553. The van der Waals surface area contributed by atoms with Crippen LogP contribution in [-0.4, -0.2) is 37.7 Å². The molecule has 0 aliphatic heterocycles. The van der Waals surface area contributed by atoms with Crippen molar-refractivity contribution in [2.75, 3.05) is 12.4 Å². The van der Waals surface area contributed by atoms with E-state index in [1.807, 2.05) is 19.1 Å². The largest absolute Gasteiger partial charge is 0.497 e. The fraction of sp³-hybridized carbons (Fsp3) is 0.286. The van der Waals surface area contributed by atoms with Gasteiger partial charge in [-0.1, -0.05) is 54.8 Å². The lowest BCUT2D eigenvalue weighted by Crippen LogP contribution is -2.47. The molecule has 0 saturated heterocycles. The summed E-state index contributed by atoms with van der Waals surface area (Å²) in [4.78, 5) is 12.8. The van der Waals surface area contributed by atoms with Gasteiger partial charge in [0, 0.05) is 10.6 Å². The first-order chi connectivity index (χ1) is 15.6. The van der Waals surface area contributed by atoms with Gasteiger partial charge in [-0.3, -0.25) is 10.1 Å². The van der Waals surface area contributed by atoms with E-state index >= 15 is 0 Å². The lowest BCUT2D eigenvalue weighted by atomic mass is 9.99. The molecular formula is C21H22Cl2N4O4S2. The first-order valence-corrected chi connectivity index (χ1v) is 13.0. The van der Waals surface area contributed by atoms with Crippen LogP contribution in [0.25, 0.3) is 10.6 Å². The molecule has 2 aromatic carbocycles. The summed E-state index contributed by atoms with van der Waals surface area (Å²) in [5, 5.41) is 11.8. The van der Waals surface area contributed by atoms with Crippen LogP contribution in [0.2, 0.25) is 10.0 Å². The van der Waals surface area contributed by atoms with E-state index in [0.717, 1.165) is 5.56 Å². The first-order valence-electron chi connectivity index (χ1n) is 9.90. The highest BCUT2D eigenvalue weighted by Gasteiger charge is 2.31. The van der Waals surface area contributed by atoms with Gasteiger partial charge in [0.1, 0.15) is 21.7 Å². The highest BCUT2D eigenvalue weighted by atomic mass is 35.5. The maximum absolute atomic E-state index is 13.0. The second-order valence-corrected chi connectivity index (χ2v) is 10.7. The highest BCUT2D eigenvalue weighted by molar-refractivity contribution is 7.89. The molecule has 1 heterocycles. The van der Waals surface area contributed by atoms with Crippen LogP contribution < -0.4 is 14.8 Å². The zero-order chi connectivity index (χ0) is 24.2. The molecule has 2 atom stereocenters. The van der Waals surface area contributed by atoms with Crippen LogP contribution in [0.15, 0.2) is 47.4 Å². The van der Waals surface area contributed by atoms with Crippen LogP contribution in [0, 0.1) is 5.92 Å². The van der Waals surface area contributed by atoms with Crippen molar-refractivity contribution in [3.63, 3.8) is 0 Å². The van der Waals surface area contributed by atoms with Crippen molar-refractivity contribution in [2.24, 2.45) is 5.92 Å². The normalized spacial score (nSPS) is 13.4. The standard InChI is InChI=1S/C21H22Cl2N4O4S2/c1-4-12(2)18(27-33(29,30)17-11-14(22)7-10-16(17)23)19(28)24-21-26-25-20(32-21)13-5-8-15(31-3)9-6-13/h5-12,18,27H,4H2,1-3H3,(H,24,26,28). The third-order valence-electron chi connectivity index (χ3n) is 4.95. The number of hydrogen-bond donors (Lipinski definition) is 2. The third-order valence-corrected chi connectivity index (χ3v) is 8.00. The Kier molecular flexibility index (Phi) is 8.30. The minimum Gasteiger partial charge on any atom is -0.497 e. The van der Waals surface area contributed by atoms with E-state index < -0.39 is 22.0 Å². The molecule has 3 rings (SSSR count). The Morgan fingerprint density at radius 2 is 1.85 bits per heavy atom. The summed E-state index contributed by atoms with van der Waals surface area (Å²) < 4.78 is 33.5. The Morgan fingerprint density at radius 3 is 2.48 bits per heavy atom. The van der Waals surface area contributed by atoms with Gasteiger partial charge >= 0.3 is 0 Å². The number of rotatable bonds is 9. The molecule has 2 N–H and O–H groups in total. The molecular weight excluding hydrogens is 507 g/mol. The average molecular weight is 529 g/mol. The number of anilines is 1. The van der Waals surface area contributed by atoms with Crippen LogP contribution in [0.3, 0.4) is 0 Å². The third kappa shape index (κ3) is 6.21. The first kappa shape index (κ1) is 25.4. The highest BCUT2D eigenvalue weighted by Crippen LogP contribution is 2.29. The van der Waals surface area contributed by atoms with Gasteiger partial charge in [-0.15, -0.1) is 10.2 Å². The maximum Gasteiger partial charge on any atom is 0.244 e. The predicted octanol–water partition coefficient (Wildman–Crippen LogP) is 4.85. The smallest absolute Gasteiger partial charge is 0.244 e. The number of methoxy groups -OCH3 is 1. The van der Waals surface area contributed by atoms with Gasteiger partial charge in [0.15, 0.2) is 0 Å². The summed E-state index contributed by atoms with van der Waals surface area (Å²) in [5.74, 6) is -0.157. The number of carbonyl (C=O) groups excluding carboxylic acids is 1. The second-order valence-electron chi connectivity index (χ2n) is 7.19. The molecule has 0 spiro atoms. The molecule has 0 radical (unpaired) electrons. The summed E-state index contributed by atoms with van der Waals surface area (Å²) in [5.41, 5.74) is 0.809. The fourth-order valence-electron chi connectivity index (χ4n) is 2.88. The summed E-state index contributed by atoms with van der Waals surface area (Å²) >= 11 is 13.2. The Hall–Kier alpha value is -2.24. The van der Waals surface area contributed by atoms with Crippen LogP contribution in [0.5, 0.6) is 5.75 Å². The van der Waals surface area contributed by atoms with Gasteiger partial charge in [-0.05, 0) is 48.4 Å². The molecule has 12 heteroatoms. The van der Waals surface area contributed by atoms with Crippen molar-refractivity contribution < 1.29 is 17.9 Å². The van der Waals surface area contributed by atoms with Crippen LogP contribution >= 0.6 is 34.5 Å². The van der Waals surface area contributed by atoms with Crippen molar-refractivity contribution in [3.05, 3.63) is 52.5 Å². The summed E-state index contributed by atoms with van der Waals surface area (Å²) in [6, 6.07) is 10.3. The number of aromatic nitrogens is 2. The number of nitrogens with zero attached hydrogens (tertiary/aromatic N) is 2. The van der Waals surface area contributed by atoms with Crippen LogP contribution in [0.4, 0.5) is 5.13 Å². The molecule has 0 fully saturated rings. The van der Waals surface area contributed by atoms with Gasteiger partial charge in [0.2, 0.25) is 21.1 Å². The lowest BCUT2D eigenvalue weighted by molar-refractivity contribution is -0.118. The molecule has 0 aliphatic rings. The van der Waals surface area contributed by atoms with Crippen molar-refractivity contribution in [3.8, 4) is 16.3 Å². The van der Waals surface area contributed by atoms with Crippen LogP contribution in [0.1, 0.15) is 20.3 Å². The summed E-state index contributed by atoms with van der Waals surface area (Å²) in [7, 11) is -2.54. The van der Waals surface area contributed by atoms with E-state index in [2.05, 4.69) is 20.2 Å². The van der Waals surface area contributed by atoms with E-state index in [-0.39, 0.29) is 26.0 Å². The monoisotopic (exact) mass is 528 g/mol. The van der Waals surface area contributed by atoms with E-state index in [1.54, 1.807) is 26.2 Å².